The first-order valence-corrected chi connectivity index (χ1v) is 12.5. The van der Waals surface area contributed by atoms with Crippen molar-refractivity contribution in [2.45, 2.75) is 39.2 Å². The van der Waals surface area contributed by atoms with E-state index in [-0.39, 0.29) is 16.7 Å². The van der Waals surface area contributed by atoms with E-state index in [1.54, 1.807) is 30.2 Å². The number of benzene rings is 2. The van der Waals surface area contributed by atoms with Crippen molar-refractivity contribution >= 4 is 17.4 Å². The van der Waals surface area contributed by atoms with Gasteiger partial charge in [0.15, 0.2) is 0 Å². The summed E-state index contributed by atoms with van der Waals surface area (Å²) in [6, 6.07) is 12.6. The summed E-state index contributed by atoms with van der Waals surface area (Å²) in [5, 5.41) is 11.4. The number of hydrogen-bond acceptors (Lipinski definition) is 6. The highest BCUT2D eigenvalue weighted by Crippen LogP contribution is 2.40. The van der Waals surface area contributed by atoms with Gasteiger partial charge in [-0.3, -0.25) is 14.5 Å². The molecule has 0 bridgehead atoms. The third-order valence-corrected chi connectivity index (χ3v) is 7.08. The van der Waals surface area contributed by atoms with E-state index >= 15 is 0 Å². The van der Waals surface area contributed by atoms with Crippen molar-refractivity contribution < 1.29 is 24.2 Å². The summed E-state index contributed by atoms with van der Waals surface area (Å²) in [5.74, 6) is -0.743. The van der Waals surface area contributed by atoms with Gasteiger partial charge in [-0.2, -0.15) is 0 Å². The number of morpholine rings is 1. The van der Waals surface area contributed by atoms with Crippen LogP contribution in [0.3, 0.4) is 0 Å². The fourth-order valence-electron chi connectivity index (χ4n) is 4.87. The highest BCUT2D eigenvalue weighted by Gasteiger charge is 2.46. The third-order valence-electron chi connectivity index (χ3n) is 7.08. The fourth-order valence-corrected chi connectivity index (χ4v) is 4.87. The molecule has 1 atom stereocenters. The molecule has 192 valence electrons. The van der Waals surface area contributed by atoms with E-state index in [1.165, 1.54) is 0 Å². The first-order chi connectivity index (χ1) is 17.1. The van der Waals surface area contributed by atoms with Crippen LogP contribution in [-0.2, 0) is 19.7 Å². The van der Waals surface area contributed by atoms with Gasteiger partial charge in [-0.25, -0.2) is 0 Å². The van der Waals surface area contributed by atoms with E-state index in [0.29, 0.717) is 37.6 Å². The number of nitrogens with zero attached hydrogens (tertiary/aromatic N) is 2. The summed E-state index contributed by atoms with van der Waals surface area (Å²) in [6.45, 7) is 12.2. The largest absolute Gasteiger partial charge is 0.507 e. The van der Waals surface area contributed by atoms with Crippen LogP contribution in [0.1, 0.15) is 49.1 Å². The summed E-state index contributed by atoms with van der Waals surface area (Å²) >= 11 is 0. The molecule has 1 N–H and O–H groups in total. The van der Waals surface area contributed by atoms with E-state index in [2.05, 4.69) is 25.7 Å². The molecule has 0 saturated carbocycles. The summed E-state index contributed by atoms with van der Waals surface area (Å²) in [4.78, 5) is 30.5. The Balaban J connectivity index is 1.77. The van der Waals surface area contributed by atoms with E-state index in [1.807, 2.05) is 31.2 Å². The molecule has 2 aromatic carbocycles. The molecule has 0 aromatic heterocycles. The number of aryl methyl sites for hydroxylation is 1. The van der Waals surface area contributed by atoms with Crippen LogP contribution in [0.5, 0.6) is 5.75 Å². The predicted molar refractivity (Wildman–Crippen MR) is 139 cm³/mol. The van der Waals surface area contributed by atoms with Crippen molar-refractivity contribution in [2.24, 2.45) is 0 Å². The molecule has 2 aliphatic rings. The van der Waals surface area contributed by atoms with Crippen molar-refractivity contribution in [1.29, 1.82) is 0 Å². The number of hydrogen-bond donors (Lipinski definition) is 1. The van der Waals surface area contributed by atoms with Gasteiger partial charge in [-0.15, -0.1) is 0 Å². The first-order valence-electron chi connectivity index (χ1n) is 12.5. The molecule has 0 aliphatic carbocycles. The van der Waals surface area contributed by atoms with Crippen LogP contribution in [0.25, 0.3) is 5.76 Å². The second-order valence-electron chi connectivity index (χ2n) is 10.5. The number of carbonyl (C=O) groups excluding carboxylic acids is 2. The number of carbonyl (C=O) groups is 2. The molecule has 2 aliphatic heterocycles. The fraction of sp³-hybridized carbons (Fsp3) is 0.448. The zero-order chi connectivity index (χ0) is 26.0. The molecule has 36 heavy (non-hydrogen) atoms. The normalized spacial score (nSPS) is 20.7. The lowest BCUT2D eigenvalue weighted by atomic mass is 9.85. The number of methoxy groups -OCH3 is 1. The van der Waals surface area contributed by atoms with Crippen LogP contribution < -0.4 is 4.74 Å². The number of rotatable bonds is 6. The molecule has 0 radical (unpaired) electrons. The number of likely N-dealkylation sites (tertiary alicyclic amines) is 1. The Morgan fingerprint density at radius 3 is 2.31 bits per heavy atom. The maximum atomic E-state index is 13.4. The topological polar surface area (TPSA) is 79.3 Å². The van der Waals surface area contributed by atoms with E-state index in [9.17, 15) is 14.7 Å². The Labute approximate surface area is 213 Å². The van der Waals surface area contributed by atoms with Gasteiger partial charge in [0.2, 0.25) is 0 Å². The van der Waals surface area contributed by atoms with Crippen LogP contribution in [-0.4, -0.2) is 73.1 Å². The van der Waals surface area contributed by atoms with Gasteiger partial charge in [0.1, 0.15) is 11.5 Å². The molecule has 0 unspecified atom stereocenters. The molecule has 2 saturated heterocycles. The Morgan fingerprint density at radius 2 is 1.72 bits per heavy atom. The summed E-state index contributed by atoms with van der Waals surface area (Å²) in [7, 11) is 1.58. The molecule has 2 aromatic rings. The van der Waals surface area contributed by atoms with Gasteiger partial charge in [-0.1, -0.05) is 45.0 Å². The quantitative estimate of drug-likeness (QED) is 0.372. The van der Waals surface area contributed by atoms with Gasteiger partial charge >= 0.3 is 0 Å². The number of ether oxygens (including phenoxy) is 2. The maximum Gasteiger partial charge on any atom is 0.295 e. The van der Waals surface area contributed by atoms with Crippen LogP contribution in [0.15, 0.2) is 48.0 Å². The van der Waals surface area contributed by atoms with Crippen LogP contribution in [0.4, 0.5) is 0 Å². The van der Waals surface area contributed by atoms with Crippen molar-refractivity contribution in [2.75, 3.05) is 46.5 Å². The zero-order valence-corrected chi connectivity index (χ0v) is 21.8. The average Bonchev–Trinajstić information content (AvgIpc) is 3.12. The number of amides is 1. The molecule has 7 heteroatoms. The minimum atomic E-state index is -0.665. The summed E-state index contributed by atoms with van der Waals surface area (Å²) < 4.78 is 10.7. The first kappa shape index (κ1) is 25.9. The number of ketones is 1. The molecular weight excluding hydrogens is 456 g/mol. The van der Waals surface area contributed by atoms with Gasteiger partial charge in [0.25, 0.3) is 11.7 Å². The molecule has 2 fully saturated rings. The van der Waals surface area contributed by atoms with Crippen LogP contribution in [0, 0.1) is 6.92 Å². The third kappa shape index (κ3) is 5.18. The van der Waals surface area contributed by atoms with Crippen molar-refractivity contribution in [3.05, 3.63) is 70.3 Å². The minimum absolute atomic E-state index is 0.0309. The van der Waals surface area contributed by atoms with Crippen molar-refractivity contribution in [3.63, 3.8) is 0 Å². The van der Waals surface area contributed by atoms with E-state index in [0.717, 1.165) is 29.8 Å². The molecule has 0 spiro atoms. The standard InChI is InChI=1S/C29H36N2O5/c1-19-18-22(35-5)10-11-23(19)26(32)24-25(20-6-8-21(9-7-20)29(2,3)4)31(28(34)27(24)33)13-12-30-14-16-36-17-15-30/h6-11,18,25,32H,12-17H2,1-5H3/b26-24+/t25-/m1/s1. The van der Waals surface area contributed by atoms with Gasteiger partial charge in [0.05, 0.1) is 31.9 Å². The Kier molecular flexibility index (Phi) is 7.52. The predicted octanol–water partition coefficient (Wildman–Crippen LogP) is 4.06. The number of aliphatic hydroxyl groups is 1. The highest BCUT2D eigenvalue weighted by molar-refractivity contribution is 6.46. The number of Topliss-reactive ketones (excluding diaryl/α,β-unsaturated/α-hetero) is 1. The Bertz CT molecular complexity index is 1160. The van der Waals surface area contributed by atoms with Gasteiger partial charge in [-0.05, 0) is 47.2 Å². The molecular formula is C29H36N2O5. The second-order valence-corrected chi connectivity index (χ2v) is 10.5. The van der Waals surface area contributed by atoms with Crippen molar-refractivity contribution in [3.8, 4) is 5.75 Å². The second kappa shape index (κ2) is 10.4. The van der Waals surface area contributed by atoms with Crippen LogP contribution >= 0.6 is 0 Å². The van der Waals surface area contributed by atoms with Gasteiger partial charge in [0, 0.05) is 31.7 Å². The lowest BCUT2D eigenvalue weighted by Gasteiger charge is -2.31. The summed E-state index contributed by atoms with van der Waals surface area (Å²) in [5.41, 5.74) is 3.32. The molecule has 1 amide bonds. The highest BCUT2D eigenvalue weighted by atomic mass is 16.5. The average molecular weight is 493 g/mol. The SMILES string of the molecule is COc1ccc(/C(O)=C2\C(=O)C(=O)N(CCN3CCOCC3)[C@@H]2c2ccc(C(C)(C)C)cc2)c(C)c1. The smallest absolute Gasteiger partial charge is 0.295 e. The monoisotopic (exact) mass is 492 g/mol. The molecule has 2 heterocycles. The molecule has 4 rings (SSSR count). The lowest BCUT2D eigenvalue weighted by molar-refractivity contribution is -0.140. The zero-order valence-electron chi connectivity index (χ0n) is 21.8. The summed E-state index contributed by atoms with van der Waals surface area (Å²) in [6.07, 6.45) is 0. The van der Waals surface area contributed by atoms with E-state index in [4.69, 9.17) is 9.47 Å². The maximum absolute atomic E-state index is 13.4. The van der Waals surface area contributed by atoms with Crippen LogP contribution in [0.2, 0.25) is 0 Å². The Morgan fingerprint density at radius 1 is 1.06 bits per heavy atom. The lowest BCUT2D eigenvalue weighted by Crippen LogP contribution is -2.42. The minimum Gasteiger partial charge on any atom is -0.507 e. The Hall–Kier alpha value is -3.16. The van der Waals surface area contributed by atoms with E-state index < -0.39 is 17.7 Å². The molecule has 7 nitrogen and oxygen atoms in total. The van der Waals surface area contributed by atoms with Crippen molar-refractivity contribution in [1.82, 2.24) is 9.80 Å². The number of aliphatic hydroxyl groups excluding tert-OH is 1. The van der Waals surface area contributed by atoms with Gasteiger partial charge < -0.3 is 19.5 Å².